The normalized spacial score (nSPS) is 24.0. The van der Waals surface area contributed by atoms with E-state index in [9.17, 15) is 0 Å². The monoisotopic (exact) mass is 383 g/mol. The Morgan fingerprint density at radius 3 is 2.63 bits per heavy atom. The molecule has 2 aliphatic rings. The summed E-state index contributed by atoms with van der Waals surface area (Å²) in [5, 5.41) is 0.835. The molecule has 0 aromatic heterocycles. The fraction of sp³-hybridized carbons (Fsp3) is 0.500. The van der Waals surface area contributed by atoms with Crippen LogP contribution in [0.5, 0.6) is 5.75 Å². The van der Waals surface area contributed by atoms with Gasteiger partial charge in [0.1, 0.15) is 5.75 Å². The first kappa shape index (κ1) is 18.8. The van der Waals surface area contributed by atoms with E-state index < -0.39 is 0 Å². The first-order valence-electron chi connectivity index (χ1n) is 10.1. The van der Waals surface area contributed by atoms with Gasteiger partial charge in [-0.25, -0.2) is 0 Å². The first-order chi connectivity index (χ1) is 13.0. The van der Waals surface area contributed by atoms with E-state index in [0.29, 0.717) is 6.04 Å². The molecule has 0 amide bonds. The van der Waals surface area contributed by atoms with Crippen molar-refractivity contribution in [2.45, 2.75) is 58.0 Å². The Labute approximate surface area is 168 Å². The van der Waals surface area contributed by atoms with Crippen LogP contribution in [-0.2, 0) is 19.4 Å². The van der Waals surface area contributed by atoms with E-state index >= 15 is 0 Å². The van der Waals surface area contributed by atoms with Crippen LogP contribution in [0.2, 0.25) is 5.02 Å². The van der Waals surface area contributed by atoms with Gasteiger partial charge < -0.3 is 4.74 Å². The smallest absolute Gasteiger partial charge is 0.122 e. The van der Waals surface area contributed by atoms with Crippen molar-refractivity contribution in [3.8, 4) is 5.75 Å². The van der Waals surface area contributed by atoms with E-state index in [4.69, 9.17) is 16.3 Å². The van der Waals surface area contributed by atoms with Crippen LogP contribution in [0.15, 0.2) is 30.3 Å². The van der Waals surface area contributed by atoms with Gasteiger partial charge in [-0.1, -0.05) is 30.7 Å². The standard InChI is InChI=1S/C24H30ClNO/c1-15-9-17(12-18(25)10-15)14-26(3)19-5-6-21-23(13-19)20(22-11-16(22)2)7-8-24(21)27-4/h7-10,12,16,19,22H,5-6,11,13-14H2,1-4H3. The van der Waals surface area contributed by atoms with Crippen molar-refractivity contribution in [3.63, 3.8) is 0 Å². The summed E-state index contributed by atoms with van der Waals surface area (Å²) in [6.45, 7) is 5.43. The second-order valence-electron chi connectivity index (χ2n) is 8.58. The van der Waals surface area contributed by atoms with E-state index in [2.05, 4.69) is 50.1 Å². The molecule has 3 heteroatoms. The molecule has 2 aliphatic carbocycles. The van der Waals surface area contributed by atoms with Crippen molar-refractivity contribution in [1.82, 2.24) is 4.90 Å². The van der Waals surface area contributed by atoms with Crippen LogP contribution < -0.4 is 4.74 Å². The third-order valence-electron chi connectivity index (χ3n) is 6.48. The quantitative estimate of drug-likeness (QED) is 0.649. The zero-order valence-electron chi connectivity index (χ0n) is 16.9. The summed E-state index contributed by atoms with van der Waals surface area (Å²) in [6, 6.07) is 11.5. The number of nitrogens with zero attached hydrogens (tertiary/aromatic N) is 1. The highest BCUT2D eigenvalue weighted by Gasteiger charge is 2.38. The number of rotatable bonds is 5. The molecule has 0 radical (unpaired) electrons. The maximum atomic E-state index is 6.26. The predicted octanol–water partition coefficient (Wildman–Crippen LogP) is 5.77. The summed E-state index contributed by atoms with van der Waals surface area (Å²) in [5.74, 6) is 2.66. The lowest BCUT2D eigenvalue weighted by molar-refractivity contribution is 0.212. The average molecular weight is 384 g/mol. The fourth-order valence-corrected chi connectivity index (χ4v) is 5.16. The summed E-state index contributed by atoms with van der Waals surface area (Å²) < 4.78 is 5.68. The van der Waals surface area contributed by atoms with E-state index in [1.807, 2.05) is 6.07 Å². The van der Waals surface area contributed by atoms with Gasteiger partial charge in [0.05, 0.1) is 7.11 Å². The van der Waals surface area contributed by atoms with Crippen LogP contribution >= 0.6 is 11.6 Å². The maximum absolute atomic E-state index is 6.26. The molecule has 0 spiro atoms. The molecular weight excluding hydrogens is 354 g/mol. The molecule has 3 atom stereocenters. The van der Waals surface area contributed by atoms with Gasteiger partial charge in [0.25, 0.3) is 0 Å². The van der Waals surface area contributed by atoms with Crippen LogP contribution in [0.25, 0.3) is 0 Å². The third-order valence-corrected chi connectivity index (χ3v) is 6.70. The van der Waals surface area contributed by atoms with Crippen molar-refractivity contribution in [2.24, 2.45) is 5.92 Å². The maximum Gasteiger partial charge on any atom is 0.122 e. The fourth-order valence-electron chi connectivity index (χ4n) is 4.84. The third kappa shape index (κ3) is 3.88. The molecule has 144 valence electrons. The molecule has 1 fully saturated rings. The second kappa shape index (κ2) is 7.48. The minimum atomic E-state index is 0.566. The molecule has 0 bridgehead atoms. The van der Waals surface area contributed by atoms with Crippen LogP contribution in [0.4, 0.5) is 0 Å². The molecule has 27 heavy (non-hydrogen) atoms. The number of ether oxygens (including phenoxy) is 1. The van der Waals surface area contributed by atoms with Crippen LogP contribution in [0, 0.1) is 12.8 Å². The highest BCUT2D eigenvalue weighted by Crippen LogP contribution is 2.50. The van der Waals surface area contributed by atoms with Crippen molar-refractivity contribution in [1.29, 1.82) is 0 Å². The van der Waals surface area contributed by atoms with E-state index in [1.165, 1.54) is 29.5 Å². The number of likely N-dealkylation sites (N-methyl/N-ethyl adjacent to an activating group) is 1. The summed E-state index contributed by atoms with van der Waals surface area (Å²) in [5.41, 5.74) is 7.13. The molecular formula is C24H30ClNO. The Balaban J connectivity index is 1.56. The number of aryl methyl sites for hydroxylation is 1. The Morgan fingerprint density at radius 1 is 1.19 bits per heavy atom. The minimum Gasteiger partial charge on any atom is -0.496 e. The number of hydrogen-bond acceptors (Lipinski definition) is 2. The van der Waals surface area contributed by atoms with Gasteiger partial charge in [-0.15, -0.1) is 0 Å². The summed E-state index contributed by atoms with van der Waals surface area (Å²) in [6.07, 6.45) is 4.75. The molecule has 3 unspecified atom stereocenters. The Bertz CT molecular complexity index is 826. The van der Waals surface area contributed by atoms with Gasteiger partial charge in [-0.3, -0.25) is 4.90 Å². The largest absolute Gasteiger partial charge is 0.496 e. The number of halogens is 1. The van der Waals surface area contributed by atoms with Gasteiger partial charge in [0, 0.05) is 17.6 Å². The van der Waals surface area contributed by atoms with E-state index in [-0.39, 0.29) is 0 Å². The number of fused-ring (bicyclic) bond motifs is 1. The van der Waals surface area contributed by atoms with Crippen molar-refractivity contribution in [3.05, 3.63) is 63.2 Å². The molecule has 4 rings (SSSR count). The topological polar surface area (TPSA) is 12.5 Å². The molecule has 0 saturated heterocycles. The average Bonchev–Trinajstić information content (AvgIpc) is 3.35. The highest BCUT2D eigenvalue weighted by atomic mass is 35.5. The van der Waals surface area contributed by atoms with Gasteiger partial charge >= 0.3 is 0 Å². The van der Waals surface area contributed by atoms with Crippen molar-refractivity contribution < 1.29 is 4.74 Å². The second-order valence-corrected chi connectivity index (χ2v) is 9.02. The molecule has 2 aromatic carbocycles. The lowest BCUT2D eigenvalue weighted by atomic mass is 9.82. The number of methoxy groups -OCH3 is 1. The van der Waals surface area contributed by atoms with E-state index in [0.717, 1.165) is 42.0 Å². The lowest BCUT2D eigenvalue weighted by Crippen LogP contribution is -2.36. The van der Waals surface area contributed by atoms with Gasteiger partial charge in [0.15, 0.2) is 0 Å². The summed E-state index contributed by atoms with van der Waals surface area (Å²) in [7, 11) is 4.06. The zero-order chi connectivity index (χ0) is 19.1. The van der Waals surface area contributed by atoms with Crippen molar-refractivity contribution >= 4 is 11.6 Å². The zero-order valence-corrected chi connectivity index (χ0v) is 17.6. The molecule has 2 aromatic rings. The lowest BCUT2D eigenvalue weighted by Gasteiger charge is -2.34. The molecule has 0 aliphatic heterocycles. The minimum absolute atomic E-state index is 0.566. The van der Waals surface area contributed by atoms with Crippen LogP contribution in [-0.4, -0.2) is 25.1 Å². The van der Waals surface area contributed by atoms with E-state index in [1.54, 1.807) is 18.2 Å². The van der Waals surface area contributed by atoms with Gasteiger partial charge in [-0.05, 0) is 97.5 Å². The van der Waals surface area contributed by atoms with Gasteiger partial charge in [-0.2, -0.15) is 0 Å². The predicted molar refractivity (Wildman–Crippen MR) is 113 cm³/mol. The molecule has 0 N–H and O–H groups in total. The SMILES string of the molecule is COc1ccc(C2CC2C)c2c1CCC(N(C)Cc1cc(C)cc(Cl)c1)C2. The molecule has 1 saturated carbocycles. The highest BCUT2D eigenvalue weighted by molar-refractivity contribution is 6.30. The van der Waals surface area contributed by atoms with Crippen LogP contribution in [0.3, 0.4) is 0 Å². The molecule has 2 nitrogen and oxygen atoms in total. The van der Waals surface area contributed by atoms with Gasteiger partial charge in [0.2, 0.25) is 0 Å². The Hall–Kier alpha value is -1.51. The summed E-state index contributed by atoms with van der Waals surface area (Å²) in [4.78, 5) is 2.51. The Morgan fingerprint density at radius 2 is 1.96 bits per heavy atom. The van der Waals surface area contributed by atoms with Crippen LogP contribution in [0.1, 0.15) is 53.5 Å². The first-order valence-corrected chi connectivity index (χ1v) is 10.5. The molecule has 0 heterocycles. The van der Waals surface area contributed by atoms with Crippen molar-refractivity contribution in [2.75, 3.05) is 14.2 Å². The number of hydrogen-bond donors (Lipinski definition) is 0. The summed E-state index contributed by atoms with van der Waals surface area (Å²) >= 11 is 6.26. The Kier molecular flexibility index (Phi) is 5.22. The number of benzene rings is 2.